The van der Waals surface area contributed by atoms with E-state index in [1.165, 1.54) is 80.1 Å². The van der Waals surface area contributed by atoms with Gasteiger partial charge in [0, 0.05) is 30.9 Å². The summed E-state index contributed by atoms with van der Waals surface area (Å²) in [6.45, 7) is 0. The highest BCUT2D eigenvalue weighted by molar-refractivity contribution is 7.25. The maximum Gasteiger partial charge on any atom is 0.136 e. The normalized spacial score (nSPS) is 11.8. The van der Waals surface area contributed by atoms with Gasteiger partial charge in [-0.2, -0.15) is 0 Å². The van der Waals surface area contributed by atoms with E-state index < -0.39 is 0 Å². The summed E-state index contributed by atoms with van der Waals surface area (Å²) < 4.78 is 8.85. The van der Waals surface area contributed by atoms with Gasteiger partial charge in [-0.05, 0) is 103 Å². The van der Waals surface area contributed by atoms with Gasteiger partial charge in [-0.25, -0.2) is 0 Å². The predicted molar refractivity (Wildman–Crippen MR) is 208 cm³/mol. The Morgan fingerprint density at radius 1 is 0.312 bits per heavy atom. The van der Waals surface area contributed by atoms with Gasteiger partial charge >= 0.3 is 0 Å². The summed E-state index contributed by atoms with van der Waals surface area (Å²) in [6, 6.07) is 61.7. The summed E-state index contributed by atoms with van der Waals surface area (Å²) in [4.78, 5) is 0. The van der Waals surface area contributed by atoms with Crippen molar-refractivity contribution in [2.45, 2.75) is 0 Å². The van der Waals surface area contributed by atoms with Crippen LogP contribution in [0, 0.1) is 0 Å². The Morgan fingerprint density at radius 2 is 0.917 bits per heavy atom. The van der Waals surface area contributed by atoms with Crippen LogP contribution in [0.5, 0.6) is 0 Å². The lowest BCUT2D eigenvalue weighted by atomic mass is 9.94. The molecule has 2 aromatic heterocycles. The number of rotatable bonds is 2. The fourth-order valence-electron chi connectivity index (χ4n) is 7.33. The van der Waals surface area contributed by atoms with Gasteiger partial charge < -0.3 is 4.42 Å². The lowest BCUT2D eigenvalue weighted by Gasteiger charge is -2.10. The van der Waals surface area contributed by atoms with Crippen LogP contribution in [0.1, 0.15) is 0 Å². The number of thiophene rings is 1. The zero-order chi connectivity index (χ0) is 31.6. The van der Waals surface area contributed by atoms with E-state index in [4.69, 9.17) is 4.42 Å². The lowest BCUT2D eigenvalue weighted by Crippen LogP contribution is -1.84. The van der Waals surface area contributed by atoms with E-state index in [0.717, 1.165) is 16.6 Å². The number of furan rings is 1. The molecule has 8 aromatic carbocycles. The third-order valence-corrected chi connectivity index (χ3v) is 10.8. The van der Waals surface area contributed by atoms with Crippen molar-refractivity contribution in [1.29, 1.82) is 0 Å². The van der Waals surface area contributed by atoms with E-state index in [-0.39, 0.29) is 0 Å². The Bertz CT molecular complexity index is 2960. The predicted octanol–water partition coefficient (Wildman–Crippen LogP) is 13.9. The van der Waals surface area contributed by atoms with E-state index in [1.807, 2.05) is 23.5 Å². The number of fused-ring (bicyclic) bond motifs is 9. The average Bonchev–Trinajstić information content (AvgIpc) is 3.67. The van der Waals surface area contributed by atoms with Crippen molar-refractivity contribution in [1.82, 2.24) is 0 Å². The van der Waals surface area contributed by atoms with Crippen molar-refractivity contribution in [3.05, 3.63) is 170 Å². The molecule has 10 aromatic rings. The van der Waals surface area contributed by atoms with E-state index in [0.29, 0.717) is 0 Å². The average molecular weight is 629 g/mol. The molecule has 0 spiro atoms. The summed E-state index contributed by atoms with van der Waals surface area (Å²) in [5.74, 6) is 0. The molecule has 0 aliphatic rings. The third-order valence-electron chi connectivity index (χ3n) is 9.66. The van der Waals surface area contributed by atoms with E-state index in [9.17, 15) is 0 Å². The van der Waals surface area contributed by atoms with Gasteiger partial charge in [-0.1, -0.05) is 121 Å². The molecule has 0 fully saturated rings. The van der Waals surface area contributed by atoms with Crippen LogP contribution < -0.4 is 0 Å². The van der Waals surface area contributed by atoms with E-state index in [1.54, 1.807) is 0 Å². The van der Waals surface area contributed by atoms with Crippen LogP contribution in [0.2, 0.25) is 0 Å². The van der Waals surface area contributed by atoms with Gasteiger partial charge in [0.05, 0.1) is 0 Å². The fourth-order valence-corrected chi connectivity index (χ4v) is 8.45. The molecule has 0 unspecified atom stereocenters. The summed E-state index contributed by atoms with van der Waals surface area (Å²) in [7, 11) is 0. The Kier molecular flexibility index (Phi) is 6.12. The van der Waals surface area contributed by atoms with Crippen molar-refractivity contribution in [2.75, 3.05) is 0 Å². The molecule has 0 atom stereocenters. The van der Waals surface area contributed by atoms with Crippen molar-refractivity contribution in [3.63, 3.8) is 0 Å². The number of para-hydroxylation sites is 1. The van der Waals surface area contributed by atoms with Gasteiger partial charge in [-0.15, -0.1) is 11.3 Å². The topological polar surface area (TPSA) is 13.1 Å². The van der Waals surface area contributed by atoms with Gasteiger partial charge in [0.1, 0.15) is 11.2 Å². The van der Waals surface area contributed by atoms with Crippen LogP contribution in [0.3, 0.4) is 0 Å². The summed E-state index contributed by atoms with van der Waals surface area (Å²) in [5, 5.41) is 12.3. The second-order valence-electron chi connectivity index (χ2n) is 12.5. The SMILES string of the molecule is c1cccc(-c2ccc3sc4cc5cc6c(cc5cc4c3c2)oc2ccccc26)c2ccccc2c(-c2ccc3ccccc3c2)cc1. The quantitative estimate of drug-likeness (QED) is 0.186. The van der Waals surface area contributed by atoms with E-state index >= 15 is 0 Å². The second kappa shape index (κ2) is 10.8. The molecule has 0 amide bonds. The molecule has 10 rings (SSSR count). The third kappa shape index (κ3) is 4.38. The first kappa shape index (κ1) is 27.2. The van der Waals surface area contributed by atoms with Crippen LogP contribution in [0.25, 0.3) is 96.7 Å². The minimum absolute atomic E-state index is 0.933. The van der Waals surface area contributed by atoms with Gasteiger partial charge in [0.15, 0.2) is 0 Å². The highest BCUT2D eigenvalue weighted by Gasteiger charge is 2.13. The largest absolute Gasteiger partial charge is 0.456 e. The van der Waals surface area contributed by atoms with E-state index in [2.05, 4.69) is 158 Å². The minimum Gasteiger partial charge on any atom is -0.456 e. The first-order valence-electron chi connectivity index (χ1n) is 16.3. The van der Waals surface area contributed by atoms with Gasteiger partial charge in [-0.3, -0.25) is 0 Å². The van der Waals surface area contributed by atoms with Crippen LogP contribution in [0.4, 0.5) is 0 Å². The van der Waals surface area contributed by atoms with Crippen LogP contribution >= 0.6 is 11.3 Å². The van der Waals surface area contributed by atoms with Crippen LogP contribution in [-0.4, -0.2) is 0 Å². The van der Waals surface area contributed by atoms with Crippen molar-refractivity contribution >= 4 is 85.8 Å². The molecular formula is C46H28OS. The Hall–Kier alpha value is -5.96. The van der Waals surface area contributed by atoms with Crippen molar-refractivity contribution in [2.24, 2.45) is 0 Å². The van der Waals surface area contributed by atoms with Crippen molar-refractivity contribution < 1.29 is 4.42 Å². The lowest BCUT2D eigenvalue weighted by molar-refractivity contribution is 0.669. The zero-order valence-electron chi connectivity index (χ0n) is 26.0. The summed E-state index contributed by atoms with van der Waals surface area (Å²) in [6.07, 6.45) is 0. The maximum absolute atomic E-state index is 6.26. The monoisotopic (exact) mass is 628 g/mol. The first-order chi connectivity index (χ1) is 23.8. The summed E-state index contributed by atoms with van der Waals surface area (Å²) >= 11 is 1.87. The maximum atomic E-state index is 6.26. The molecule has 0 bridgehead atoms. The highest BCUT2D eigenvalue weighted by Crippen LogP contribution is 2.41. The molecule has 0 aliphatic heterocycles. The molecule has 48 heavy (non-hydrogen) atoms. The Balaban J connectivity index is 1.20. The first-order valence-corrected chi connectivity index (χ1v) is 17.1. The second-order valence-corrected chi connectivity index (χ2v) is 13.6. The van der Waals surface area contributed by atoms with Gasteiger partial charge in [0.2, 0.25) is 0 Å². The highest BCUT2D eigenvalue weighted by atomic mass is 32.1. The fraction of sp³-hybridized carbons (Fsp3) is 0. The number of benzene rings is 7. The van der Waals surface area contributed by atoms with Gasteiger partial charge in [0.25, 0.3) is 0 Å². The molecule has 2 heterocycles. The number of hydrogen-bond donors (Lipinski definition) is 0. The Morgan fingerprint density at radius 3 is 1.73 bits per heavy atom. The molecule has 2 heteroatoms. The summed E-state index contributed by atoms with van der Waals surface area (Å²) in [5.41, 5.74) is 6.69. The van der Waals surface area contributed by atoms with Crippen LogP contribution in [0.15, 0.2) is 174 Å². The van der Waals surface area contributed by atoms with Crippen LogP contribution in [-0.2, 0) is 0 Å². The minimum atomic E-state index is 0.933. The van der Waals surface area contributed by atoms with Crippen molar-refractivity contribution in [3.8, 4) is 22.3 Å². The molecule has 224 valence electrons. The molecule has 0 saturated heterocycles. The molecule has 0 N–H and O–H groups in total. The Labute approximate surface area is 281 Å². The molecule has 0 aliphatic carbocycles. The zero-order valence-corrected chi connectivity index (χ0v) is 26.8. The molecule has 0 radical (unpaired) electrons. The number of hydrogen-bond acceptors (Lipinski definition) is 2. The molecule has 1 nitrogen and oxygen atoms in total. The molecule has 0 saturated carbocycles. The standard InChI is InChI=1S/C46H28OS/c1-2-4-14-36(38-16-8-7-15-37(38)35(13-3-1)31-20-19-29-11-5-6-12-30(29)23-31)32-21-22-45-41(24-32)42-26-33-27-44-40(25-34(33)28-46(42)48-45)39-17-9-10-18-43(39)47-44/h1-28H. The molecular weight excluding hydrogens is 601 g/mol. The smallest absolute Gasteiger partial charge is 0.136 e.